The van der Waals surface area contributed by atoms with Crippen LogP contribution in [0.2, 0.25) is 0 Å². The Hall–Kier alpha value is -0.710. The number of halogens is 1. The summed E-state index contributed by atoms with van der Waals surface area (Å²) in [5.74, 6) is 0. The summed E-state index contributed by atoms with van der Waals surface area (Å²) in [7, 11) is 0. The first-order chi connectivity index (χ1) is 6.86. The first-order valence-corrected chi connectivity index (χ1v) is 5.07. The fourth-order valence-electron chi connectivity index (χ4n) is 1.74. The molecule has 1 aromatic heterocycles. The largest absolute Gasteiger partial charge is 0.314 e. The molecule has 1 N–H and O–H groups in total. The van der Waals surface area contributed by atoms with Gasteiger partial charge < -0.3 is 5.32 Å². The maximum atomic E-state index is 4.10. The van der Waals surface area contributed by atoms with Gasteiger partial charge in [-0.2, -0.15) is 10.2 Å². The summed E-state index contributed by atoms with van der Waals surface area (Å²) in [5, 5.41) is 11.4. The molecule has 0 radical (unpaired) electrons. The van der Waals surface area contributed by atoms with E-state index in [0.29, 0.717) is 6.04 Å². The molecule has 0 bridgehead atoms. The van der Waals surface area contributed by atoms with Crippen LogP contribution in [0.5, 0.6) is 0 Å². The smallest absolute Gasteiger partial charge is 0.0771 e. The summed E-state index contributed by atoms with van der Waals surface area (Å²) in [4.78, 5) is 2.43. The second-order valence-corrected chi connectivity index (χ2v) is 3.74. The summed E-state index contributed by atoms with van der Waals surface area (Å²) >= 11 is 0. The molecule has 84 valence electrons. The zero-order chi connectivity index (χ0) is 9.80. The van der Waals surface area contributed by atoms with E-state index in [-0.39, 0.29) is 12.4 Å². The molecule has 2 heterocycles. The second kappa shape index (κ2) is 6.00. The number of hydrogen-bond acceptors (Lipinski definition) is 4. The van der Waals surface area contributed by atoms with Crippen molar-refractivity contribution in [1.82, 2.24) is 20.4 Å². The Balaban J connectivity index is 0.00000112. The van der Waals surface area contributed by atoms with Crippen molar-refractivity contribution in [3.63, 3.8) is 0 Å². The SMILES string of the molecule is C[C@@H]1CNCCN1Cc1cccnn1.Cl. The quantitative estimate of drug-likeness (QED) is 0.809. The lowest BCUT2D eigenvalue weighted by Crippen LogP contribution is -2.49. The monoisotopic (exact) mass is 228 g/mol. The van der Waals surface area contributed by atoms with Gasteiger partial charge in [-0.05, 0) is 19.1 Å². The molecular weight excluding hydrogens is 212 g/mol. The first-order valence-electron chi connectivity index (χ1n) is 5.07. The molecule has 5 heteroatoms. The van der Waals surface area contributed by atoms with Gasteiger partial charge in [0.25, 0.3) is 0 Å². The van der Waals surface area contributed by atoms with Crippen molar-refractivity contribution in [2.75, 3.05) is 19.6 Å². The Bertz CT molecular complexity index is 280. The maximum absolute atomic E-state index is 4.10. The van der Waals surface area contributed by atoms with Crippen LogP contribution in [0, 0.1) is 0 Å². The molecule has 1 saturated heterocycles. The van der Waals surface area contributed by atoms with Gasteiger partial charge in [0.15, 0.2) is 0 Å². The van der Waals surface area contributed by atoms with Crippen LogP contribution in [0.3, 0.4) is 0 Å². The van der Waals surface area contributed by atoms with E-state index in [9.17, 15) is 0 Å². The fourth-order valence-corrected chi connectivity index (χ4v) is 1.74. The highest BCUT2D eigenvalue weighted by atomic mass is 35.5. The van der Waals surface area contributed by atoms with Gasteiger partial charge in [-0.1, -0.05) is 0 Å². The van der Waals surface area contributed by atoms with E-state index in [1.54, 1.807) is 6.20 Å². The molecule has 1 fully saturated rings. The van der Waals surface area contributed by atoms with Crippen LogP contribution in [0.1, 0.15) is 12.6 Å². The fraction of sp³-hybridized carbons (Fsp3) is 0.600. The van der Waals surface area contributed by atoms with E-state index < -0.39 is 0 Å². The molecule has 2 rings (SSSR count). The number of hydrogen-bond donors (Lipinski definition) is 1. The molecule has 0 spiro atoms. The lowest BCUT2D eigenvalue weighted by atomic mass is 10.2. The van der Waals surface area contributed by atoms with Crippen LogP contribution < -0.4 is 5.32 Å². The number of nitrogens with one attached hydrogen (secondary N) is 1. The van der Waals surface area contributed by atoms with Gasteiger partial charge in [0.1, 0.15) is 0 Å². The van der Waals surface area contributed by atoms with Gasteiger partial charge in [-0.15, -0.1) is 12.4 Å². The zero-order valence-corrected chi connectivity index (χ0v) is 9.70. The van der Waals surface area contributed by atoms with Crippen LogP contribution in [-0.2, 0) is 6.54 Å². The third-order valence-electron chi connectivity index (χ3n) is 2.63. The molecule has 0 aromatic carbocycles. The normalized spacial score (nSPS) is 22.1. The van der Waals surface area contributed by atoms with Gasteiger partial charge >= 0.3 is 0 Å². The molecule has 0 saturated carbocycles. The molecule has 1 atom stereocenters. The van der Waals surface area contributed by atoms with E-state index in [1.165, 1.54) is 0 Å². The van der Waals surface area contributed by atoms with Crippen molar-refractivity contribution in [3.05, 3.63) is 24.0 Å². The van der Waals surface area contributed by atoms with Crippen molar-refractivity contribution >= 4 is 12.4 Å². The highest BCUT2D eigenvalue weighted by molar-refractivity contribution is 5.85. The Morgan fingerprint density at radius 1 is 1.60 bits per heavy atom. The number of nitrogens with zero attached hydrogens (tertiary/aromatic N) is 3. The number of aromatic nitrogens is 2. The lowest BCUT2D eigenvalue weighted by molar-refractivity contribution is 0.163. The zero-order valence-electron chi connectivity index (χ0n) is 8.89. The predicted molar refractivity (Wildman–Crippen MR) is 62.0 cm³/mol. The molecule has 15 heavy (non-hydrogen) atoms. The predicted octanol–water partition coefficient (Wildman–Crippen LogP) is 0.692. The van der Waals surface area contributed by atoms with Gasteiger partial charge in [-0.3, -0.25) is 4.90 Å². The first kappa shape index (κ1) is 12.4. The molecular formula is C10H17ClN4. The minimum Gasteiger partial charge on any atom is -0.314 e. The molecule has 1 aliphatic rings. The highest BCUT2D eigenvalue weighted by Gasteiger charge is 2.17. The summed E-state index contributed by atoms with van der Waals surface area (Å²) in [6.45, 7) is 6.39. The van der Waals surface area contributed by atoms with Crippen molar-refractivity contribution in [2.45, 2.75) is 19.5 Å². The van der Waals surface area contributed by atoms with Crippen LogP contribution in [-0.4, -0.2) is 40.8 Å². The summed E-state index contributed by atoms with van der Waals surface area (Å²) in [5.41, 5.74) is 1.06. The Labute approximate surface area is 96.5 Å². The summed E-state index contributed by atoms with van der Waals surface area (Å²) in [6.07, 6.45) is 1.71. The third-order valence-corrected chi connectivity index (χ3v) is 2.63. The van der Waals surface area contributed by atoms with Gasteiger partial charge in [0, 0.05) is 38.4 Å². The Kier molecular flexibility index (Phi) is 4.94. The molecule has 4 nitrogen and oxygen atoms in total. The summed E-state index contributed by atoms with van der Waals surface area (Å²) in [6, 6.07) is 4.56. The van der Waals surface area contributed by atoms with Crippen molar-refractivity contribution in [3.8, 4) is 0 Å². The third kappa shape index (κ3) is 3.41. The average Bonchev–Trinajstić information content (AvgIpc) is 2.23. The Morgan fingerprint density at radius 3 is 3.13 bits per heavy atom. The van der Waals surface area contributed by atoms with E-state index >= 15 is 0 Å². The molecule has 0 aliphatic carbocycles. The molecule has 1 aliphatic heterocycles. The number of piperazine rings is 1. The average molecular weight is 229 g/mol. The Morgan fingerprint density at radius 2 is 2.47 bits per heavy atom. The standard InChI is InChI=1S/C10H16N4.ClH/c1-9-7-11-5-6-14(9)8-10-3-2-4-12-13-10;/h2-4,9,11H,5-8H2,1H3;1H/t9-;/m1./s1. The van der Waals surface area contributed by atoms with Gasteiger partial charge in [-0.25, -0.2) is 0 Å². The van der Waals surface area contributed by atoms with Crippen LogP contribution in [0.4, 0.5) is 0 Å². The van der Waals surface area contributed by atoms with Gasteiger partial charge in [0.05, 0.1) is 5.69 Å². The van der Waals surface area contributed by atoms with E-state index in [1.807, 2.05) is 12.1 Å². The number of rotatable bonds is 2. The van der Waals surface area contributed by atoms with Gasteiger partial charge in [0.2, 0.25) is 0 Å². The van der Waals surface area contributed by atoms with Crippen molar-refractivity contribution in [2.24, 2.45) is 0 Å². The van der Waals surface area contributed by atoms with Crippen LogP contribution >= 0.6 is 12.4 Å². The molecule has 1 aromatic rings. The highest BCUT2D eigenvalue weighted by Crippen LogP contribution is 2.06. The van der Waals surface area contributed by atoms with Crippen molar-refractivity contribution in [1.29, 1.82) is 0 Å². The lowest BCUT2D eigenvalue weighted by Gasteiger charge is -2.33. The van der Waals surface area contributed by atoms with E-state index in [2.05, 4.69) is 27.3 Å². The van der Waals surface area contributed by atoms with E-state index in [4.69, 9.17) is 0 Å². The van der Waals surface area contributed by atoms with Crippen LogP contribution in [0.25, 0.3) is 0 Å². The topological polar surface area (TPSA) is 41.0 Å². The summed E-state index contributed by atoms with van der Waals surface area (Å²) < 4.78 is 0. The van der Waals surface area contributed by atoms with Crippen molar-refractivity contribution < 1.29 is 0 Å². The molecule has 0 amide bonds. The minimum absolute atomic E-state index is 0. The maximum Gasteiger partial charge on any atom is 0.0771 e. The van der Waals surface area contributed by atoms with E-state index in [0.717, 1.165) is 31.9 Å². The van der Waals surface area contributed by atoms with Crippen LogP contribution in [0.15, 0.2) is 18.3 Å². The molecule has 0 unspecified atom stereocenters. The second-order valence-electron chi connectivity index (χ2n) is 3.74. The minimum atomic E-state index is 0.